The van der Waals surface area contributed by atoms with Crippen molar-refractivity contribution in [3.8, 4) is 17.4 Å². The Morgan fingerprint density at radius 1 is 1.17 bits per heavy atom. The smallest absolute Gasteiger partial charge is 0.320 e. The molecule has 0 atom stereocenters. The number of nitrogens with zero attached hydrogens (tertiary/aromatic N) is 3. The van der Waals surface area contributed by atoms with Crippen LogP contribution in [0.3, 0.4) is 0 Å². The number of pyridine rings is 1. The number of nitrogens with one attached hydrogen (secondary N) is 2. The van der Waals surface area contributed by atoms with Crippen molar-refractivity contribution in [1.82, 2.24) is 20.1 Å². The third-order valence-electron chi connectivity index (χ3n) is 4.05. The third-order valence-corrected chi connectivity index (χ3v) is 4.05. The van der Waals surface area contributed by atoms with Crippen LogP contribution in [0, 0.1) is 6.92 Å². The van der Waals surface area contributed by atoms with E-state index in [-0.39, 0.29) is 12.6 Å². The predicted molar refractivity (Wildman–Crippen MR) is 110 cm³/mol. The summed E-state index contributed by atoms with van der Waals surface area (Å²) in [6, 6.07) is 12.6. The Balaban J connectivity index is 1.66. The van der Waals surface area contributed by atoms with Gasteiger partial charge in [-0.1, -0.05) is 25.1 Å². The number of urea groups is 1. The monoisotopic (exact) mass is 395 g/mol. The fourth-order valence-corrected chi connectivity index (χ4v) is 2.68. The zero-order valence-corrected chi connectivity index (χ0v) is 16.8. The molecule has 0 aliphatic carbocycles. The van der Waals surface area contributed by atoms with Crippen LogP contribution >= 0.6 is 0 Å². The van der Waals surface area contributed by atoms with Gasteiger partial charge in [0.25, 0.3) is 0 Å². The molecule has 0 saturated heterocycles. The van der Waals surface area contributed by atoms with Crippen LogP contribution < -0.4 is 20.1 Å². The van der Waals surface area contributed by atoms with Gasteiger partial charge in [-0.15, -0.1) is 0 Å². The number of para-hydroxylation sites is 2. The summed E-state index contributed by atoms with van der Waals surface area (Å²) in [6.07, 6.45) is 2.55. The van der Waals surface area contributed by atoms with Gasteiger partial charge >= 0.3 is 6.03 Å². The molecular formula is C21H25N5O3. The molecule has 152 valence electrons. The van der Waals surface area contributed by atoms with Crippen LogP contribution in [-0.4, -0.2) is 27.4 Å². The first kappa shape index (κ1) is 20.2. The zero-order valence-electron chi connectivity index (χ0n) is 16.8. The second-order valence-corrected chi connectivity index (χ2v) is 6.47. The van der Waals surface area contributed by atoms with Crippen molar-refractivity contribution in [3.05, 3.63) is 59.9 Å². The lowest BCUT2D eigenvalue weighted by atomic mass is 10.2. The van der Waals surface area contributed by atoms with Crippen LogP contribution in [0.5, 0.6) is 17.4 Å². The Hall–Kier alpha value is -3.55. The Morgan fingerprint density at radius 2 is 1.97 bits per heavy atom. The summed E-state index contributed by atoms with van der Waals surface area (Å²) in [5, 5.41) is 9.79. The molecule has 2 amide bonds. The van der Waals surface area contributed by atoms with E-state index in [4.69, 9.17) is 9.47 Å². The minimum Gasteiger partial charge on any atom is -0.490 e. The van der Waals surface area contributed by atoms with E-state index in [1.54, 1.807) is 30.1 Å². The summed E-state index contributed by atoms with van der Waals surface area (Å²) in [4.78, 5) is 16.6. The first-order valence-electron chi connectivity index (χ1n) is 9.46. The highest BCUT2D eigenvalue weighted by molar-refractivity contribution is 5.88. The van der Waals surface area contributed by atoms with Crippen LogP contribution in [0.1, 0.15) is 24.6 Å². The number of aryl methyl sites for hydroxylation is 2. The summed E-state index contributed by atoms with van der Waals surface area (Å²) in [6.45, 7) is 4.77. The SMILES string of the molecule is CCCOc1ccccc1Oc1ncccc1CNC(=O)Nc1cc(C)nn1C. The predicted octanol–water partition coefficient (Wildman–Crippen LogP) is 4.03. The summed E-state index contributed by atoms with van der Waals surface area (Å²) < 4.78 is 13.3. The van der Waals surface area contributed by atoms with E-state index in [2.05, 4.69) is 20.7 Å². The van der Waals surface area contributed by atoms with E-state index in [0.717, 1.165) is 17.7 Å². The second-order valence-electron chi connectivity index (χ2n) is 6.47. The van der Waals surface area contributed by atoms with Gasteiger partial charge in [0.15, 0.2) is 11.5 Å². The topological polar surface area (TPSA) is 90.3 Å². The van der Waals surface area contributed by atoms with Crippen molar-refractivity contribution in [2.75, 3.05) is 11.9 Å². The van der Waals surface area contributed by atoms with Gasteiger partial charge in [0, 0.05) is 31.4 Å². The average Bonchev–Trinajstić information content (AvgIpc) is 3.03. The van der Waals surface area contributed by atoms with E-state index in [1.807, 2.05) is 44.2 Å². The van der Waals surface area contributed by atoms with E-state index in [1.165, 1.54) is 0 Å². The first-order valence-corrected chi connectivity index (χ1v) is 9.46. The van der Waals surface area contributed by atoms with Crippen molar-refractivity contribution < 1.29 is 14.3 Å². The Labute approximate surface area is 169 Å². The lowest BCUT2D eigenvalue weighted by Crippen LogP contribution is -2.29. The largest absolute Gasteiger partial charge is 0.490 e. The summed E-state index contributed by atoms with van der Waals surface area (Å²) in [7, 11) is 1.77. The van der Waals surface area contributed by atoms with E-state index in [0.29, 0.717) is 29.8 Å². The molecule has 0 spiro atoms. The minimum absolute atomic E-state index is 0.254. The van der Waals surface area contributed by atoms with Gasteiger partial charge in [0.1, 0.15) is 5.82 Å². The quantitative estimate of drug-likeness (QED) is 0.601. The summed E-state index contributed by atoms with van der Waals surface area (Å²) in [5.74, 6) is 2.26. The number of amides is 2. The number of anilines is 1. The maximum Gasteiger partial charge on any atom is 0.320 e. The van der Waals surface area contributed by atoms with E-state index in [9.17, 15) is 4.79 Å². The van der Waals surface area contributed by atoms with Crippen molar-refractivity contribution in [2.45, 2.75) is 26.8 Å². The number of ether oxygens (including phenoxy) is 2. The van der Waals surface area contributed by atoms with Crippen LogP contribution in [0.2, 0.25) is 0 Å². The van der Waals surface area contributed by atoms with Crippen LogP contribution in [-0.2, 0) is 13.6 Å². The molecule has 29 heavy (non-hydrogen) atoms. The normalized spacial score (nSPS) is 10.4. The van der Waals surface area contributed by atoms with Gasteiger partial charge in [-0.05, 0) is 31.5 Å². The molecule has 8 nitrogen and oxygen atoms in total. The number of hydrogen-bond donors (Lipinski definition) is 2. The standard InChI is InChI=1S/C21H25N5O3/c1-4-12-28-17-9-5-6-10-18(17)29-20-16(8-7-11-22-20)14-23-21(27)24-19-13-15(2)25-26(19)3/h5-11,13H,4,12,14H2,1-3H3,(H2,23,24,27). The number of aromatic nitrogens is 3. The van der Waals surface area contributed by atoms with Crippen molar-refractivity contribution >= 4 is 11.8 Å². The molecule has 2 heterocycles. The molecule has 0 unspecified atom stereocenters. The molecule has 2 N–H and O–H groups in total. The molecular weight excluding hydrogens is 370 g/mol. The van der Waals surface area contributed by atoms with Crippen LogP contribution in [0.25, 0.3) is 0 Å². The van der Waals surface area contributed by atoms with Gasteiger partial charge in [-0.3, -0.25) is 10.00 Å². The highest BCUT2D eigenvalue weighted by Crippen LogP contribution is 2.31. The highest BCUT2D eigenvalue weighted by atomic mass is 16.5. The average molecular weight is 395 g/mol. The van der Waals surface area contributed by atoms with Gasteiger partial charge in [-0.25, -0.2) is 9.78 Å². The van der Waals surface area contributed by atoms with Crippen molar-refractivity contribution in [2.24, 2.45) is 7.05 Å². The fraction of sp³-hybridized carbons (Fsp3) is 0.286. The maximum atomic E-state index is 12.2. The number of benzene rings is 1. The Kier molecular flexibility index (Phi) is 6.67. The van der Waals surface area contributed by atoms with Gasteiger partial charge in [-0.2, -0.15) is 5.10 Å². The second kappa shape index (κ2) is 9.59. The lowest BCUT2D eigenvalue weighted by Gasteiger charge is -2.14. The zero-order chi connectivity index (χ0) is 20.6. The molecule has 0 bridgehead atoms. The van der Waals surface area contributed by atoms with E-state index < -0.39 is 0 Å². The molecule has 0 aliphatic rings. The lowest BCUT2D eigenvalue weighted by molar-refractivity contribution is 0.251. The molecule has 0 fully saturated rings. The van der Waals surface area contributed by atoms with Gasteiger partial charge in [0.05, 0.1) is 12.3 Å². The van der Waals surface area contributed by atoms with Crippen molar-refractivity contribution in [3.63, 3.8) is 0 Å². The number of hydrogen-bond acceptors (Lipinski definition) is 5. The molecule has 0 radical (unpaired) electrons. The Morgan fingerprint density at radius 3 is 2.69 bits per heavy atom. The van der Waals surface area contributed by atoms with E-state index >= 15 is 0 Å². The maximum absolute atomic E-state index is 12.2. The Bertz CT molecular complexity index is 970. The van der Waals surface area contributed by atoms with Crippen molar-refractivity contribution in [1.29, 1.82) is 0 Å². The molecule has 3 aromatic rings. The van der Waals surface area contributed by atoms with Gasteiger partial charge in [0.2, 0.25) is 5.88 Å². The number of carbonyl (C=O) groups excluding carboxylic acids is 1. The van der Waals surface area contributed by atoms with Crippen LogP contribution in [0.15, 0.2) is 48.7 Å². The molecule has 8 heteroatoms. The molecule has 0 saturated carbocycles. The highest BCUT2D eigenvalue weighted by Gasteiger charge is 2.12. The van der Waals surface area contributed by atoms with Crippen LogP contribution in [0.4, 0.5) is 10.6 Å². The molecule has 1 aromatic carbocycles. The number of rotatable bonds is 8. The fourth-order valence-electron chi connectivity index (χ4n) is 2.68. The molecule has 2 aromatic heterocycles. The first-order chi connectivity index (χ1) is 14.1. The minimum atomic E-state index is -0.338. The molecule has 3 rings (SSSR count). The third kappa shape index (κ3) is 5.47. The number of carbonyl (C=O) groups is 1. The molecule has 0 aliphatic heterocycles. The van der Waals surface area contributed by atoms with Gasteiger partial charge < -0.3 is 14.8 Å². The summed E-state index contributed by atoms with van der Waals surface area (Å²) in [5.41, 5.74) is 1.57. The summed E-state index contributed by atoms with van der Waals surface area (Å²) >= 11 is 0.